The van der Waals surface area contributed by atoms with Gasteiger partial charge in [0.15, 0.2) is 5.03 Å². The molecule has 0 spiro atoms. The van der Waals surface area contributed by atoms with Crippen molar-refractivity contribution in [2.24, 2.45) is 0 Å². The van der Waals surface area contributed by atoms with Crippen molar-refractivity contribution >= 4 is 17.7 Å². The minimum absolute atomic E-state index is 0.211. The summed E-state index contributed by atoms with van der Waals surface area (Å²) in [5.74, 6) is -1.07. The number of rotatable bonds is 6. The molecule has 2 heterocycles. The highest BCUT2D eigenvalue weighted by molar-refractivity contribution is 7.99. The maximum Gasteiger partial charge on any atom is 0.325 e. The number of carboxylic acids is 1. The van der Waals surface area contributed by atoms with E-state index in [2.05, 4.69) is 20.5 Å². The molecule has 9 nitrogen and oxygen atoms in total. The average molecular weight is 296 g/mol. The summed E-state index contributed by atoms with van der Waals surface area (Å²) in [5, 5.41) is 19.8. The Morgan fingerprint density at radius 1 is 1.50 bits per heavy atom. The van der Waals surface area contributed by atoms with E-state index in [9.17, 15) is 9.59 Å². The summed E-state index contributed by atoms with van der Waals surface area (Å²) >= 11 is 0.949. The Hall–Kier alpha value is -2.23. The number of tetrazole rings is 1. The summed E-state index contributed by atoms with van der Waals surface area (Å²) in [6, 6.07) is 0. The largest absolute Gasteiger partial charge is 0.480 e. The molecule has 2 rings (SSSR count). The van der Waals surface area contributed by atoms with Crippen LogP contribution in [0.5, 0.6) is 0 Å². The molecular weight excluding hydrogens is 284 g/mol. The Balaban J connectivity index is 2.27. The van der Waals surface area contributed by atoms with Crippen LogP contribution >= 0.6 is 11.8 Å². The maximum atomic E-state index is 12.1. The molecule has 0 atom stereocenters. The molecule has 0 aromatic carbocycles. The lowest BCUT2D eigenvalue weighted by atomic mass is 10.5. The number of hydrogen-bond acceptors (Lipinski definition) is 7. The fourth-order valence-electron chi connectivity index (χ4n) is 1.50. The van der Waals surface area contributed by atoms with Crippen LogP contribution in [0, 0.1) is 0 Å². The number of hydrogen-bond donors (Lipinski definition) is 1. The topological polar surface area (TPSA) is 116 Å². The molecule has 20 heavy (non-hydrogen) atoms. The summed E-state index contributed by atoms with van der Waals surface area (Å²) in [6.07, 6.45) is 3.95. The van der Waals surface area contributed by atoms with Gasteiger partial charge >= 0.3 is 5.97 Å². The molecule has 0 saturated carbocycles. The lowest BCUT2D eigenvalue weighted by Gasteiger charge is -2.05. The molecular formula is C10H12N6O3S. The lowest BCUT2D eigenvalue weighted by molar-refractivity contribution is -0.138. The smallest absolute Gasteiger partial charge is 0.325 e. The first-order valence-corrected chi connectivity index (χ1v) is 6.64. The molecule has 2 aromatic heterocycles. The minimum atomic E-state index is -1.07. The summed E-state index contributed by atoms with van der Waals surface area (Å²) < 4.78 is 2.64. The van der Waals surface area contributed by atoms with Crippen LogP contribution in [0.15, 0.2) is 27.4 Å². The van der Waals surface area contributed by atoms with E-state index in [0.29, 0.717) is 6.54 Å². The van der Waals surface area contributed by atoms with Crippen molar-refractivity contribution in [2.45, 2.75) is 36.6 Å². The van der Waals surface area contributed by atoms with E-state index in [1.807, 2.05) is 6.92 Å². The van der Waals surface area contributed by atoms with Crippen LogP contribution in [0.1, 0.15) is 13.3 Å². The Labute approximate surface area is 117 Å². The number of aryl methyl sites for hydroxylation is 1. The van der Waals surface area contributed by atoms with E-state index in [-0.39, 0.29) is 22.3 Å². The predicted octanol–water partition coefficient (Wildman–Crippen LogP) is -0.124. The SMILES string of the molecule is CCCn1ccnc(Sc2nnnn2CC(=O)O)c1=O. The highest BCUT2D eigenvalue weighted by Gasteiger charge is 2.14. The monoisotopic (exact) mass is 296 g/mol. The fourth-order valence-corrected chi connectivity index (χ4v) is 2.27. The molecule has 0 aliphatic carbocycles. The quantitative estimate of drug-likeness (QED) is 0.784. The Kier molecular flexibility index (Phi) is 4.45. The zero-order valence-electron chi connectivity index (χ0n) is 10.6. The van der Waals surface area contributed by atoms with Crippen LogP contribution in [-0.2, 0) is 17.9 Å². The van der Waals surface area contributed by atoms with E-state index in [0.717, 1.165) is 22.9 Å². The van der Waals surface area contributed by atoms with Crippen molar-refractivity contribution in [2.75, 3.05) is 0 Å². The molecule has 0 unspecified atom stereocenters. The second-order valence-corrected chi connectivity index (χ2v) is 4.80. The Morgan fingerprint density at radius 3 is 3.00 bits per heavy atom. The van der Waals surface area contributed by atoms with Crippen LogP contribution < -0.4 is 5.56 Å². The predicted molar refractivity (Wildman–Crippen MR) is 68.4 cm³/mol. The van der Waals surface area contributed by atoms with Crippen molar-refractivity contribution in [3.63, 3.8) is 0 Å². The highest BCUT2D eigenvalue weighted by Crippen LogP contribution is 2.19. The molecule has 2 aromatic rings. The summed E-state index contributed by atoms with van der Waals surface area (Å²) in [4.78, 5) is 26.8. The zero-order valence-corrected chi connectivity index (χ0v) is 11.4. The summed E-state index contributed by atoms with van der Waals surface area (Å²) in [5.41, 5.74) is -0.246. The van der Waals surface area contributed by atoms with Gasteiger partial charge in [0.25, 0.3) is 5.56 Å². The first-order valence-electron chi connectivity index (χ1n) is 5.83. The number of carbonyl (C=O) groups is 1. The van der Waals surface area contributed by atoms with Gasteiger partial charge in [-0.2, -0.15) is 0 Å². The van der Waals surface area contributed by atoms with E-state index in [1.165, 1.54) is 6.20 Å². The second kappa shape index (κ2) is 6.28. The molecule has 106 valence electrons. The van der Waals surface area contributed by atoms with Gasteiger partial charge in [0.2, 0.25) is 5.16 Å². The lowest BCUT2D eigenvalue weighted by Crippen LogP contribution is -2.22. The van der Waals surface area contributed by atoms with Gasteiger partial charge in [0.1, 0.15) is 6.54 Å². The third-order valence-electron chi connectivity index (χ3n) is 2.32. The fraction of sp³-hybridized carbons (Fsp3) is 0.400. The molecule has 0 saturated heterocycles. The molecule has 1 N–H and O–H groups in total. The highest BCUT2D eigenvalue weighted by atomic mass is 32.2. The van der Waals surface area contributed by atoms with Gasteiger partial charge in [-0.3, -0.25) is 9.59 Å². The van der Waals surface area contributed by atoms with E-state index >= 15 is 0 Å². The van der Waals surface area contributed by atoms with Gasteiger partial charge in [-0.15, -0.1) is 5.10 Å². The van der Waals surface area contributed by atoms with Gasteiger partial charge in [-0.05, 0) is 28.6 Å². The van der Waals surface area contributed by atoms with Crippen LogP contribution in [0.2, 0.25) is 0 Å². The first-order chi connectivity index (χ1) is 9.61. The molecule has 0 aliphatic heterocycles. The number of aliphatic carboxylic acids is 1. The zero-order chi connectivity index (χ0) is 14.5. The van der Waals surface area contributed by atoms with Gasteiger partial charge < -0.3 is 9.67 Å². The number of nitrogens with zero attached hydrogens (tertiary/aromatic N) is 6. The normalized spacial score (nSPS) is 10.7. The van der Waals surface area contributed by atoms with E-state index < -0.39 is 5.97 Å². The first kappa shape index (κ1) is 14.2. The third-order valence-corrected chi connectivity index (χ3v) is 3.27. The summed E-state index contributed by atoms with van der Waals surface area (Å²) in [7, 11) is 0. The molecule has 0 bridgehead atoms. The second-order valence-electron chi connectivity index (χ2n) is 3.85. The van der Waals surface area contributed by atoms with Crippen molar-refractivity contribution in [1.82, 2.24) is 29.8 Å². The molecule has 0 amide bonds. The standard InChI is InChI=1S/C10H12N6O3S/c1-2-4-15-5-3-11-8(9(15)19)20-10-12-13-14-16(10)6-7(17)18/h3,5H,2,4,6H2,1H3,(H,17,18). The van der Waals surface area contributed by atoms with Crippen LogP contribution in [0.4, 0.5) is 0 Å². The molecule has 0 aliphatic rings. The van der Waals surface area contributed by atoms with Gasteiger partial charge in [-0.25, -0.2) is 9.67 Å². The summed E-state index contributed by atoms with van der Waals surface area (Å²) in [6.45, 7) is 2.19. The van der Waals surface area contributed by atoms with E-state index in [4.69, 9.17) is 5.11 Å². The van der Waals surface area contributed by atoms with Crippen LogP contribution in [0.25, 0.3) is 0 Å². The molecule has 0 fully saturated rings. The molecule has 0 radical (unpaired) electrons. The third kappa shape index (κ3) is 3.20. The molecule has 10 heteroatoms. The minimum Gasteiger partial charge on any atom is -0.480 e. The number of aromatic nitrogens is 6. The van der Waals surface area contributed by atoms with Crippen LogP contribution in [-0.4, -0.2) is 40.8 Å². The average Bonchev–Trinajstić information content (AvgIpc) is 2.81. The van der Waals surface area contributed by atoms with Crippen LogP contribution in [0.3, 0.4) is 0 Å². The maximum absolute atomic E-state index is 12.1. The van der Waals surface area contributed by atoms with Crippen molar-refractivity contribution in [3.05, 3.63) is 22.7 Å². The van der Waals surface area contributed by atoms with Gasteiger partial charge in [0.05, 0.1) is 0 Å². The number of carboxylic acid groups (broad SMARTS) is 1. The van der Waals surface area contributed by atoms with Crippen molar-refractivity contribution < 1.29 is 9.90 Å². The Morgan fingerprint density at radius 2 is 2.30 bits per heavy atom. The van der Waals surface area contributed by atoms with Gasteiger partial charge in [-0.1, -0.05) is 6.92 Å². The van der Waals surface area contributed by atoms with Crippen molar-refractivity contribution in [1.29, 1.82) is 0 Å². The Bertz CT molecular complexity index is 667. The van der Waals surface area contributed by atoms with E-state index in [1.54, 1.807) is 10.8 Å². The van der Waals surface area contributed by atoms with Crippen molar-refractivity contribution in [3.8, 4) is 0 Å². The van der Waals surface area contributed by atoms with Gasteiger partial charge in [0, 0.05) is 18.9 Å².